The molecule has 4 heterocycles. The van der Waals surface area contributed by atoms with Crippen molar-refractivity contribution in [2.24, 2.45) is 0 Å². The van der Waals surface area contributed by atoms with Crippen LogP contribution in [-0.2, 0) is 28.5 Å². The molecular formula is C35H43O20+. The van der Waals surface area contributed by atoms with Gasteiger partial charge in [0.2, 0.25) is 18.3 Å². The third-order valence-electron chi connectivity index (χ3n) is 9.44. The highest BCUT2D eigenvalue weighted by atomic mass is 16.7. The van der Waals surface area contributed by atoms with Crippen LogP contribution in [0.2, 0.25) is 0 Å². The average Bonchev–Trinajstić information content (AvgIpc) is 3.15. The molecule has 2 aromatic carbocycles. The summed E-state index contributed by atoms with van der Waals surface area (Å²) in [5.74, 6) is -1.67. The Morgan fingerprint density at radius 2 is 1.27 bits per heavy atom. The molecule has 20 heteroatoms. The molecule has 15 atom stereocenters. The third kappa shape index (κ3) is 8.42. The number of ether oxygens (including phenoxy) is 7. The second-order valence-corrected chi connectivity index (χ2v) is 13.4. The molecule has 302 valence electrons. The van der Waals surface area contributed by atoms with Gasteiger partial charge < -0.3 is 89.3 Å². The Kier molecular flexibility index (Phi) is 12.3. The normalized spacial score (nSPS) is 36.7. The topological polar surface area (TPSA) is 316 Å². The van der Waals surface area contributed by atoms with E-state index in [0.717, 1.165) is 13.0 Å². The van der Waals surface area contributed by atoms with Crippen molar-refractivity contribution < 1.29 is 98.5 Å². The Balaban J connectivity index is 1.30. The lowest BCUT2D eigenvalue weighted by molar-refractivity contribution is -0.319. The predicted octanol–water partition coefficient (Wildman–Crippen LogP) is -2.43. The van der Waals surface area contributed by atoms with Gasteiger partial charge in [-0.2, -0.15) is 0 Å². The fraction of sp³-hybridized carbons (Fsp3) is 0.543. The first kappa shape index (κ1) is 40.7. The minimum atomic E-state index is -1.90. The van der Waals surface area contributed by atoms with Crippen molar-refractivity contribution in [3.63, 3.8) is 0 Å². The Labute approximate surface area is 311 Å². The molecule has 0 amide bonds. The van der Waals surface area contributed by atoms with E-state index in [1.165, 1.54) is 43.3 Å². The first-order valence-electron chi connectivity index (χ1n) is 17.1. The van der Waals surface area contributed by atoms with Crippen molar-refractivity contribution >= 4 is 16.9 Å². The quantitative estimate of drug-likeness (QED) is 0.0752. The van der Waals surface area contributed by atoms with Crippen molar-refractivity contribution in [1.82, 2.24) is 0 Å². The van der Waals surface area contributed by atoms with Crippen LogP contribution in [0.25, 0.3) is 22.3 Å². The van der Waals surface area contributed by atoms with Gasteiger partial charge >= 0.3 is 17.3 Å². The summed E-state index contributed by atoms with van der Waals surface area (Å²) < 4.78 is 45.5. The van der Waals surface area contributed by atoms with Crippen LogP contribution in [0.3, 0.4) is 0 Å². The maximum absolute atomic E-state index is 11.5. The van der Waals surface area contributed by atoms with Gasteiger partial charge in [-0.15, -0.1) is 0 Å². The number of phenols is 2. The SMILES string of the molecule is CC(=O)O[C@@H]1[C@@H](O)[C@@H](O)[C@H](OC[C@H]2O[C@@H](Oc3cc4c(O[C@@H]5O[C@H](CO)[C@@H](O)[C@H](O)[C@H]5O)cc(O)cc4[o+]c3-c3ccc(O)cc3)[C@H](O)[C@@H](O)[C@@H]2O)O[C@H]1C. The van der Waals surface area contributed by atoms with Gasteiger partial charge in [-0.3, -0.25) is 4.79 Å². The molecule has 0 spiro atoms. The molecular weight excluding hydrogens is 740 g/mol. The molecule has 3 saturated heterocycles. The largest absolute Gasteiger partial charge is 0.508 e. The summed E-state index contributed by atoms with van der Waals surface area (Å²) >= 11 is 0. The van der Waals surface area contributed by atoms with Gasteiger partial charge in [-0.1, -0.05) is 0 Å². The molecule has 20 nitrogen and oxygen atoms in total. The highest BCUT2D eigenvalue weighted by Gasteiger charge is 2.49. The monoisotopic (exact) mass is 783 g/mol. The van der Waals surface area contributed by atoms with Crippen LogP contribution in [0, 0.1) is 0 Å². The third-order valence-corrected chi connectivity index (χ3v) is 9.44. The maximum atomic E-state index is 11.5. The lowest BCUT2D eigenvalue weighted by Crippen LogP contribution is -2.62. The van der Waals surface area contributed by atoms with Gasteiger partial charge in [0.25, 0.3) is 0 Å². The zero-order valence-electron chi connectivity index (χ0n) is 29.2. The molecule has 3 aliphatic heterocycles. The van der Waals surface area contributed by atoms with Crippen LogP contribution in [0.5, 0.6) is 23.0 Å². The fourth-order valence-electron chi connectivity index (χ4n) is 6.42. The smallest absolute Gasteiger partial charge is 0.402 e. The molecule has 0 saturated carbocycles. The number of aliphatic hydroxyl groups excluding tert-OH is 9. The summed E-state index contributed by atoms with van der Waals surface area (Å²) in [6, 6.07) is 9.20. The zero-order valence-corrected chi connectivity index (χ0v) is 29.2. The summed E-state index contributed by atoms with van der Waals surface area (Å²) in [6.45, 7) is 1.26. The number of hydrogen-bond donors (Lipinski definition) is 11. The van der Waals surface area contributed by atoms with Crippen molar-refractivity contribution in [1.29, 1.82) is 0 Å². The van der Waals surface area contributed by atoms with Crippen LogP contribution in [-0.4, -0.2) is 167 Å². The maximum Gasteiger partial charge on any atom is 0.402 e. The molecule has 1 aromatic heterocycles. The van der Waals surface area contributed by atoms with Gasteiger partial charge in [0.1, 0.15) is 83.7 Å². The number of aromatic hydroxyl groups is 2. The molecule has 0 aliphatic carbocycles. The second-order valence-electron chi connectivity index (χ2n) is 13.4. The van der Waals surface area contributed by atoms with Crippen molar-refractivity contribution in [3.05, 3.63) is 42.5 Å². The lowest BCUT2D eigenvalue weighted by atomic mass is 9.98. The molecule has 3 fully saturated rings. The Morgan fingerprint density at radius 1 is 0.691 bits per heavy atom. The minimum Gasteiger partial charge on any atom is -0.508 e. The number of rotatable bonds is 10. The van der Waals surface area contributed by atoms with E-state index >= 15 is 0 Å². The molecule has 55 heavy (non-hydrogen) atoms. The molecule has 0 radical (unpaired) electrons. The number of carbonyl (C=O) groups is 1. The van der Waals surface area contributed by atoms with E-state index in [1.807, 2.05) is 0 Å². The second kappa shape index (κ2) is 16.6. The lowest BCUT2D eigenvalue weighted by Gasteiger charge is -2.42. The summed E-state index contributed by atoms with van der Waals surface area (Å²) in [7, 11) is 0. The van der Waals surface area contributed by atoms with Crippen LogP contribution in [0.4, 0.5) is 0 Å². The van der Waals surface area contributed by atoms with E-state index in [0.29, 0.717) is 5.56 Å². The van der Waals surface area contributed by atoms with Crippen molar-refractivity contribution in [3.8, 4) is 34.3 Å². The Morgan fingerprint density at radius 3 is 1.89 bits per heavy atom. The molecule has 3 aliphatic rings. The molecule has 0 unspecified atom stereocenters. The van der Waals surface area contributed by atoms with Gasteiger partial charge in [-0.25, -0.2) is 4.42 Å². The van der Waals surface area contributed by atoms with E-state index in [1.54, 1.807) is 0 Å². The number of fused-ring (bicyclic) bond motifs is 1. The summed E-state index contributed by atoms with van der Waals surface area (Å²) in [4.78, 5) is 11.5. The van der Waals surface area contributed by atoms with Crippen LogP contribution >= 0.6 is 0 Å². The number of aliphatic hydroxyl groups is 9. The number of esters is 1. The van der Waals surface area contributed by atoms with E-state index in [9.17, 15) is 61.0 Å². The van der Waals surface area contributed by atoms with Crippen LogP contribution in [0.15, 0.2) is 46.9 Å². The van der Waals surface area contributed by atoms with Gasteiger partial charge in [-0.05, 0) is 31.2 Å². The summed E-state index contributed by atoms with van der Waals surface area (Å²) in [6.07, 6.45) is -24.0. The van der Waals surface area contributed by atoms with E-state index in [4.69, 9.17) is 37.6 Å². The molecule has 3 aromatic rings. The number of hydrogen-bond acceptors (Lipinski definition) is 19. The van der Waals surface area contributed by atoms with Gasteiger partial charge in [0.15, 0.2) is 12.4 Å². The first-order chi connectivity index (χ1) is 26.1. The van der Waals surface area contributed by atoms with E-state index in [2.05, 4.69) is 0 Å². The van der Waals surface area contributed by atoms with E-state index < -0.39 is 111 Å². The Bertz CT molecular complexity index is 1790. The van der Waals surface area contributed by atoms with Gasteiger partial charge in [0.05, 0.1) is 30.9 Å². The standard InChI is InChI=1S/C35H42O20/c1-12-31(50-13(2)37)27(44)30(47)33(49-12)48-11-22-24(41)26(43)29(46)35(55-22)53-20-9-17-18(51-32(20)14-3-5-15(38)6-4-14)7-16(39)8-19(17)52-34-28(45)25(42)23(40)21(10-36)54-34/h3-9,12,21-31,33-36,40-47H,10-11H2,1-2H3,(H-,38,39)/p+1/t12-,21+,22+,23+,24+,25-,26-,27-,28+,29+,30+,31-,33+,34+,35+/m0/s1. The first-order valence-corrected chi connectivity index (χ1v) is 17.1. The molecule has 11 N–H and O–H groups in total. The molecule has 0 bridgehead atoms. The van der Waals surface area contributed by atoms with E-state index in [-0.39, 0.29) is 39.7 Å². The number of phenolic OH excluding ortho intramolecular Hbond substituents is 2. The van der Waals surface area contributed by atoms with Crippen molar-refractivity contribution in [2.75, 3.05) is 13.2 Å². The summed E-state index contributed by atoms with van der Waals surface area (Å²) in [5, 5.41) is 115. The highest BCUT2D eigenvalue weighted by molar-refractivity contribution is 5.88. The van der Waals surface area contributed by atoms with Crippen molar-refractivity contribution in [2.45, 2.75) is 106 Å². The minimum absolute atomic E-state index is 0.0414. The number of carbonyl (C=O) groups excluding carboxylic acids is 1. The van der Waals surface area contributed by atoms with Crippen LogP contribution < -0.4 is 9.47 Å². The average molecular weight is 784 g/mol. The summed E-state index contributed by atoms with van der Waals surface area (Å²) in [5.41, 5.74) is 0.253. The fourth-order valence-corrected chi connectivity index (χ4v) is 6.42. The highest BCUT2D eigenvalue weighted by Crippen LogP contribution is 2.42. The zero-order chi connectivity index (χ0) is 39.9. The Hall–Kier alpha value is -4.00. The predicted molar refractivity (Wildman–Crippen MR) is 179 cm³/mol. The molecule has 6 rings (SSSR count). The van der Waals surface area contributed by atoms with Gasteiger partial charge in [0, 0.05) is 19.1 Å². The van der Waals surface area contributed by atoms with Crippen LogP contribution in [0.1, 0.15) is 13.8 Å². The number of benzene rings is 2.